The van der Waals surface area contributed by atoms with Crippen molar-refractivity contribution in [2.75, 3.05) is 23.3 Å². The van der Waals surface area contributed by atoms with Crippen LogP contribution in [-0.4, -0.2) is 34.1 Å². The highest BCUT2D eigenvalue weighted by Gasteiger charge is 2.29. The summed E-state index contributed by atoms with van der Waals surface area (Å²) >= 11 is 6.14. The van der Waals surface area contributed by atoms with E-state index < -0.39 is 22.5 Å². The number of carbonyl (C=O) groups is 1. The van der Waals surface area contributed by atoms with Gasteiger partial charge in [-0.3, -0.25) is 9.10 Å². The molecule has 1 N–H and O–H groups in total. The first-order valence-electron chi connectivity index (χ1n) is 10.2. The Balaban J connectivity index is 1.92. The largest absolute Gasteiger partial charge is 0.495 e. The van der Waals surface area contributed by atoms with Crippen LogP contribution in [0.15, 0.2) is 77.7 Å². The fraction of sp³-hybridized carbons (Fsp3) is 0.208. The molecule has 0 aliphatic rings. The van der Waals surface area contributed by atoms with Crippen molar-refractivity contribution in [3.8, 4) is 11.5 Å². The number of carbonyl (C=O) groups excluding carboxylic acids is 1. The second-order valence-electron chi connectivity index (χ2n) is 7.38. The summed E-state index contributed by atoms with van der Waals surface area (Å²) in [6.45, 7) is 3.35. The summed E-state index contributed by atoms with van der Waals surface area (Å²) in [6, 6.07) is 19.3. The molecule has 3 aromatic rings. The Hall–Kier alpha value is -3.23. The molecule has 0 bridgehead atoms. The van der Waals surface area contributed by atoms with E-state index in [0.717, 1.165) is 4.31 Å². The lowest BCUT2D eigenvalue weighted by atomic mass is 10.2. The number of anilines is 2. The quantitative estimate of drug-likeness (QED) is 0.459. The smallest absolute Gasteiger partial charge is 0.264 e. The number of nitrogens with one attached hydrogen (secondary N) is 1. The molecular formula is C24H25ClN2O5S. The maximum atomic E-state index is 13.5. The van der Waals surface area contributed by atoms with Gasteiger partial charge in [-0.05, 0) is 68.4 Å². The van der Waals surface area contributed by atoms with Crippen molar-refractivity contribution in [1.82, 2.24) is 0 Å². The minimum Gasteiger partial charge on any atom is -0.495 e. The van der Waals surface area contributed by atoms with E-state index in [2.05, 4.69) is 5.32 Å². The fourth-order valence-corrected chi connectivity index (χ4v) is 4.71. The Bertz CT molecular complexity index is 1200. The normalized spacial score (nSPS) is 11.2. The van der Waals surface area contributed by atoms with Crippen LogP contribution >= 0.6 is 11.6 Å². The molecule has 1 amide bonds. The molecule has 0 heterocycles. The first kappa shape index (κ1) is 24.4. The Morgan fingerprint density at radius 1 is 1.03 bits per heavy atom. The Kier molecular flexibility index (Phi) is 7.84. The topological polar surface area (TPSA) is 84.9 Å². The zero-order valence-electron chi connectivity index (χ0n) is 18.5. The highest BCUT2D eigenvalue weighted by molar-refractivity contribution is 7.92. The molecule has 0 saturated carbocycles. The number of hydrogen-bond acceptors (Lipinski definition) is 5. The number of sulfonamides is 1. The molecule has 0 radical (unpaired) electrons. The number of nitrogens with zero attached hydrogens (tertiary/aromatic N) is 1. The molecule has 0 aliphatic heterocycles. The Morgan fingerprint density at radius 3 is 2.30 bits per heavy atom. The summed E-state index contributed by atoms with van der Waals surface area (Å²) in [6.07, 6.45) is 0.0230. The molecule has 174 valence electrons. The van der Waals surface area contributed by atoms with Crippen molar-refractivity contribution in [3.63, 3.8) is 0 Å². The van der Waals surface area contributed by atoms with Crippen LogP contribution in [0.4, 0.5) is 11.4 Å². The third-order valence-corrected chi connectivity index (χ3v) is 6.55. The summed E-state index contributed by atoms with van der Waals surface area (Å²) < 4.78 is 38.9. The van der Waals surface area contributed by atoms with E-state index in [-0.39, 0.29) is 22.4 Å². The molecule has 0 fully saturated rings. The number of methoxy groups -OCH3 is 1. The molecule has 33 heavy (non-hydrogen) atoms. The molecule has 0 atom stereocenters. The van der Waals surface area contributed by atoms with Crippen molar-refractivity contribution >= 4 is 38.9 Å². The molecule has 0 aliphatic carbocycles. The number of rotatable bonds is 9. The van der Waals surface area contributed by atoms with Gasteiger partial charge in [0.25, 0.3) is 10.0 Å². The van der Waals surface area contributed by atoms with Crippen molar-refractivity contribution in [2.24, 2.45) is 0 Å². The van der Waals surface area contributed by atoms with Crippen LogP contribution in [-0.2, 0) is 14.8 Å². The van der Waals surface area contributed by atoms with E-state index >= 15 is 0 Å². The average molecular weight is 489 g/mol. The molecular weight excluding hydrogens is 464 g/mol. The standard InChI is InChI=1S/C24H25ClN2O5S/c1-17(2)32-20-12-10-19(11-13-20)26-24(28)16-27(22-15-18(25)9-14-23(22)31-3)33(29,30)21-7-5-4-6-8-21/h4-15,17H,16H2,1-3H3,(H,26,28). The van der Waals surface area contributed by atoms with Crippen molar-refractivity contribution < 1.29 is 22.7 Å². The molecule has 0 unspecified atom stereocenters. The number of ether oxygens (including phenoxy) is 2. The monoisotopic (exact) mass is 488 g/mol. The number of hydrogen-bond donors (Lipinski definition) is 1. The summed E-state index contributed by atoms with van der Waals surface area (Å²) in [7, 11) is -2.68. The van der Waals surface area contributed by atoms with E-state index in [9.17, 15) is 13.2 Å². The summed E-state index contributed by atoms with van der Waals surface area (Å²) in [5, 5.41) is 3.03. The van der Waals surface area contributed by atoms with Crippen LogP contribution < -0.4 is 19.1 Å². The van der Waals surface area contributed by atoms with Crippen LogP contribution in [0.3, 0.4) is 0 Å². The lowest BCUT2D eigenvalue weighted by molar-refractivity contribution is -0.114. The van der Waals surface area contributed by atoms with Crippen molar-refractivity contribution in [3.05, 3.63) is 77.8 Å². The van der Waals surface area contributed by atoms with E-state index in [1.165, 1.54) is 25.3 Å². The Labute approximate surface area is 198 Å². The molecule has 0 saturated heterocycles. The van der Waals surface area contributed by atoms with E-state index in [0.29, 0.717) is 16.5 Å². The Morgan fingerprint density at radius 2 is 1.70 bits per heavy atom. The predicted molar refractivity (Wildman–Crippen MR) is 130 cm³/mol. The van der Waals surface area contributed by atoms with Gasteiger partial charge in [-0.15, -0.1) is 0 Å². The number of benzene rings is 3. The number of halogens is 1. The summed E-state index contributed by atoms with van der Waals surface area (Å²) in [4.78, 5) is 12.9. The first-order chi connectivity index (χ1) is 15.7. The minimum absolute atomic E-state index is 0.0230. The van der Waals surface area contributed by atoms with Crippen LogP contribution in [0, 0.1) is 0 Å². The predicted octanol–water partition coefficient (Wildman–Crippen LogP) is 4.97. The second kappa shape index (κ2) is 10.6. The van der Waals surface area contributed by atoms with Gasteiger partial charge < -0.3 is 14.8 Å². The van der Waals surface area contributed by atoms with Gasteiger partial charge in [-0.1, -0.05) is 29.8 Å². The molecule has 3 rings (SSSR count). The number of amides is 1. The third-order valence-electron chi connectivity index (χ3n) is 4.54. The van der Waals surface area contributed by atoms with Gasteiger partial charge in [0.1, 0.15) is 18.0 Å². The van der Waals surface area contributed by atoms with Gasteiger partial charge in [0, 0.05) is 10.7 Å². The zero-order chi connectivity index (χ0) is 24.0. The average Bonchev–Trinajstić information content (AvgIpc) is 2.79. The van der Waals surface area contributed by atoms with Crippen molar-refractivity contribution in [1.29, 1.82) is 0 Å². The zero-order valence-corrected chi connectivity index (χ0v) is 20.1. The first-order valence-corrected chi connectivity index (χ1v) is 12.0. The summed E-state index contributed by atoms with van der Waals surface area (Å²) in [5.74, 6) is 0.399. The highest BCUT2D eigenvalue weighted by Crippen LogP contribution is 2.34. The van der Waals surface area contributed by atoms with Crippen LogP contribution in [0.5, 0.6) is 11.5 Å². The van der Waals surface area contributed by atoms with Gasteiger partial charge in [0.15, 0.2) is 0 Å². The van der Waals surface area contributed by atoms with Gasteiger partial charge in [-0.25, -0.2) is 8.42 Å². The highest BCUT2D eigenvalue weighted by atomic mass is 35.5. The molecule has 0 spiro atoms. The summed E-state index contributed by atoms with van der Waals surface area (Å²) in [5.41, 5.74) is 0.663. The minimum atomic E-state index is -4.10. The third kappa shape index (κ3) is 6.18. The van der Waals surface area contributed by atoms with Crippen LogP contribution in [0.1, 0.15) is 13.8 Å². The molecule has 9 heteroatoms. The van der Waals surface area contributed by atoms with Gasteiger partial charge in [0.2, 0.25) is 5.91 Å². The molecule has 7 nitrogen and oxygen atoms in total. The molecule has 0 aromatic heterocycles. The van der Waals surface area contributed by atoms with Gasteiger partial charge in [0.05, 0.1) is 23.8 Å². The van der Waals surface area contributed by atoms with Gasteiger partial charge >= 0.3 is 0 Å². The SMILES string of the molecule is COc1ccc(Cl)cc1N(CC(=O)Nc1ccc(OC(C)C)cc1)S(=O)(=O)c1ccccc1. The van der Waals surface area contributed by atoms with Crippen LogP contribution in [0.25, 0.3) is 0 Å². The van der Waals surface area contributed by atoms with Gasteiger partial charge in [-0.2, -0.15) is 0 Å². The molecule has 3 aromatic carbocycles. The maximum absolute atomic E-state index is 13.5. The van der Waals surface area contributed by atoms with E-state index in [4.69, 9.17) is 21.1 Å². The maximum Gasteiger partial charge on any atom is 0.264 e. The second-order valence-corrected chi connectivity index (χ2v) is 9.68. The lowest BCUT2D eigenvalue weighted by Crippen LogP contribution is -2.38. The van der Waals surface area contributed by atoms with Crippen LogP contribution in [0.2, 0.25) is 5.02 Å². The fourth-order valence-electron chi connectivity index (χ4n) is 3.10. The van der Waals surface area contributed by atoms with Crippen molar-refractivity contribution in [2.45, 2.75) is 24.8 Å². The van der Waals surface area contributed by atoms with E-state index in [1.807, 2.05) is 13.8 Å². The lowest BCUT2D eigenvalue weighted by Gasteiger charge is -2.26. The van der Waals surface area contributed by atoms with E-state index in [1.54, 1.807) is 54.6 Å².